The van der Waals surface area contributed by atoms with E-state index in [9.17, 15) is 10.2 Å². The maximum absolute atomic E-state index is 10.7. The maximum Gasteiger partial charge on any atom is 0.126 e. The van der Waals surface area contributed by atoms with E-state index in [1.807, 2.05) is 0 Å². The average molecular weight is 314 g/mol. The summed E-state index contributed by atoms with van der Waals surface area (Å²) in [6.45, 7) is 4.79. The molecule has 126 valence electrons. The molecule has 0 bridgehead atoms. The van der Waals surface area contributed by atoms with Crippen LogP contribution < -0.4 is 0 Å². The molecule has 0 saturated heterocycles. The molecule has 0 amide bonds. The van der Waals surface area contributed by atoms with Crippen molar-refractivity contribution in [3.05, 3.63) is 11.6 Å². The van der Waals surface area contributed by atoms with E-state index in [2.05, 4.69) is 25.8 Å². The zero-order chi connectivity index (χ0) is 16.5. The molecule has 2 heteroatoms. The highest BCUT2D eigenvalue weighted by molar-refractivity contribution is 5.27. The first-order chi connectivity index (χ1) is 10.8. The van der Waals surface area contributed by atoms with E-state index in [0.717, 1.165) is 38.5 Å². The van der Waals surface area contributed by atoms with E-state index in [4.69, 9.17) is 6.42 Å². The lowest BCUT2D eigenvalue weighted by Crippen LogP contribution is -2.49. The van der Waals surface area contributed by atoms with E-state index >= 15 is 0 Å². The lowest BCUT2D eigenvalue weighted by molar-refractivity contribution is -0.0360. The van der Waals surface area contributed by atoms with Crippen LogP contribution in [0.15, 0.2) is 11.6 Å². The fraction of sp³-hybridized carbons (Fsp3) is 0.810. The normalized spacial score (nSPS) is 55.2. The number of rotatable bonds is 0. The molecule has 0 aromatic heterocycles. The van der Waals surface area contributed by atoms with Crippen molar-refractivity contribution in [1.82, 2.24) is 0 Å². The monoisotopic (exact) mass is 314 g/mol. The highest BCUT2D eigenvalue weighted by atomic mass is 16.3. The lowest BCUT2D eigenvalue weighted by Gasteiger charge is -2.57. The minimum absolute atomic E-state index is 0.141. The Bertz CT molecular complexity index is 587. The van der Waals surface area contributed by atoms with Crippen molar-refractivity contribution in [2.24, 2.45) is 28.6 Å². The minimum atomic E-state index is -0.887. The van der Waals surface area contributed by atoms with Crippen LogP contribution in [0.2, 0.25) is 0 Å². The summed E-state index contributed by atoms with van der Waals surface area (Å²) in [4.78, 5) is 0. The fourth-order valence-electron chi connectivity index (χ4n) is 6.87. The Labute approximate surface area is 140 Å². The molecule has 0 aromatic rings. The summed E-state index contributed by atoms with van der Waals surface area (Å²) in [7, 11) is 0. The smallest absolute Gasteiger partial charge is 0.126 e. The van der Waals surface area contributed by atoms with Gasteiger partial charge < -0.3 is 10.2 Å². The molecule has 3 fully saturated rings. The number of hydrogen-bond acceptors (Lipinski definition) is 2. The molecule has 0 spiro atoms. The van der Waals surface area contributed by atoms with Crippen molar-refractivity contribution in [2.75, 3.05) is 0 Å². The third-order valence-corrected chi connectivity index (χ3v) is 8.12. The Morgan fingerprint density at radius 2 is 2.00 bits per heavy atom. The summed E-state index contributed by atoms with van der Waals surface area (Å²) in [5.41, 5.74) is 1.09. The summed E-state index contributed by atoms with van der Waals surface area (Å²) in [5, 5.41) is 20.8. The molecule has 0 heterocycles. The van der Waals surface area contributed by atoms with Crippen LogP contribution >= 0.6 is 0 Å². The van der Waals surface area contributed by atoms with Crippen LogP contribution in [0.5, 0.6) is 0 Å². The van der Waals surface area contributed by atoms with E-state index < -0.39 is 5.60 Å². The molecular weight excluding hydrogens is 284 g/mol. The Morgan fingerprint density at radius 3 is 2.74 bits per heavy atom. The SMILES string of the molecule is C#C[C@@]1(O)C[C@H]2[C@H]3CC=C4C[C@@H](O)CC[C@]4(C)[C@@H]3CC[C@@]2(C)C1. The first kappa shape index (κ1) is 15.7. The van der Waals surface area contributed by atoms with Gasteiger partial charge in [0.25, 0.3) is 0 Å². The molecule has 0 unspecified atom stereocenters. The van der Waals surface area contributed by atoms with E-state index in [1.54, 1.807) is 0 Å². The Balaban J connectivity index is 1.68. The number of aliphatic hydroxyl groups excluding tert-OH is 1. The summed E-state index contributed by atoms with van der Waals surface area (Å²) in [5.74, 6) is 4.60. The Kier molecular flexibility index (Phi) is 3.33. The number of allylic oxidation sites excluding steroid dienone is 1. The second-order valence-electron chi connectivity index (χ2n) is 9.41. The van der Waals surface area contributed by atoms with Gasteiger partial charge in [-0.2, -0.15) is 0 Å². The highest BCUT2D eigenvalue weighted by Gasteiger charge is 2.60. The fourth-order valence-corrected chi connectivity index (χ4v) is 6.87. The van der Waals surface area contributed by atoms with Crippen molar-refractivity contribution in [1.29, 1.82) is 0 Å². The topological polar surface area (TPSA) is 40.5 Å². The zero-order valence-corrected chi connectivity index (χ0v) is 14.5. The molecular formula is C21H30O2. The predicted molar refractivity (Wildman–Crippen MR) is 91.5 cm³/mol. The van der Waals surface area contributed by atoms with Crippen molar-refractivity contribution in [3.63, 3.8) is 0 Å². The third kappa shape index (κ3) is 2.16. The predicted octanol–water partition coefficient (Wildman–Crippen LogP) is 3.67. The quantitative estimate of drug-likeness (QED) is 0.529. The summed E-state index contributed by atoms with van der Waals surface area (Å²) < 4.78 is 0. The molecule has 23 heavy (non-hydrogen) atoms. The summed E-state index contributed by atoms with van der Waals surface area (Å²) in [6, 6.07) is 0. The van der Waals surface area contributed by atoms with Crippen molar-refractivity contribution in [2.45, 2.75) is 76.9 Å². The molecule has 0 aromatic carbocycles. The Morgan fingerprint density at radius 1 is 1.22 bits per heavy atom. The number of aliphatic hydroxyl groups is 2. The van der Waals surface area contributed by atoms with Crippen LogP contribution in [-0.4, -0.2) is 21.9 Å². The maximum atomic E-state index is 10.7. The van der Waals surface area contributed by atoms with Crippen LogP contribution in [0.4, 0.5) is 0 Å². The van der Waals surface area contributed by atoms with Crippen LogP contribution in [-0.2, 0) is 0 Å². The third-order valence-electron chi connectivity index (χ3n) is 8.12. The average Bonchev–Trinajstić information content (AvgIpc) is 2.79. The number of hydrogen-bond donors (Lipinski definition) is 2. The van der Waals surface area contributed by atoms with Gasteiger partial charge in [-0.3, -0.25) is 0 Å². The standard InChI is InChI=1S/C21H30O2/c1-4-21(23)12-18-16-6-5-14-11-15(22)7-10-20(14,3)17(16)8-9-19(18,2)13-21/h1,5,15-18,22-23H,6-13H2,2-3H3/t15-,16-,17+,18-,19-,20-,21+/m0/s1. The van der Waals surface area contributed by atoms with Crippen LogP contribution in [0.3, 0.4) is 0 Å². The zero-order valence-electron chi connectivity index (χ0n) is 14.5. The van der Waals surface area contributed by atoms with Crippen molar-refractivity contribution in [3.8, 4) is 12.3 Å². The molecule has 0 radical (unpaired) electrons. The summed E-state index contributed by atoms with van der Waals surface area (Å²) >= 11 is 0. The molecule has 4 aliphatic rings. The summed E-state index contributed by atoms with van der Waals surface area (Å²) in [6.07, 6.45) is 16.0. The van der Waals surface area contributed by atoms with Gasteiger partial charge >= 0.3 is 0 Å². The molecule has 0 aliphatic heterocycles. The molecule has 3 saturated carbocycles. The van der Waals surface area contributed by atoms with Crippen LogP contribution in [0.25, 0.3) is 0 Å². The number of terminal acetylenes is 1. The highest BCUT2D eigenvalue weighted by Crippen LogP contribution is 2.66. The van der Waals surface area contributed by atoms with E-state index in [1.165, 1.54) is 18.4 Å². The molecule has 2 N–H and O–H groups in total. The largest absolute Gasteiger partial charge is 0.393 e. The van der Waals surface area contributed by atoms with Crippen LogP contribution in [0, 0.1) is 40.9 Å². The first-order valence-corrected chi connectivity index (χ1v) is 9.37. The van der Waals surface area contributed by atoms with Gasteiger partial charge in [-0.05, 0) is 80.0 Å². The van der Waals surface area contributed by atoms with Gasteiger partial charge in [-0.1, -0.05) is 31.4 Å². The van der Waals surface area contributed by atoms with Gasteiger partial charge in [-0.15, -0.1) is 6.42 Å². The molecule has 4 rings (SSSR count). The van der Waals surface area contributed by atoms with Gasteiger partial charge in [0.2, 0.25) is 0 Å². The molecule has 2 nitrogen and oxygen atoms in total. The van der Waals surface area contributed by atoms with Gasteiger partial charge in [0.1, 0.15) is 5.60 Å². The second kappa shape index (κ2) is 4.87. The van der Waals surface area contributed by atoms with Crippen molar-refractivity contribution >= 4 is 0 Å². The van der Waals surface area contributed by atoms with Crippen molar-refractivity contribution < 1.29 is 10.2 Å². The van der Waals surface area contributed by atoms with E-state index in [0.29, 0.717) is 17.8 Å². The van der Waals surface area contributed by atoms with Gasteiger partial charge in [-0.25, -0.2) is 0 Å². The lowest BCUT2D eigenvalue weighted by atomic mass is 9.48. The Hall–Kier alpha value is -0.780. The first-order valence-electron chi connectivity index (χ1n) is 9.37. The van der Waals surface area contributed by atoms with Crippen LogP contribution in [0.1, 0.15) is 65.2 Å². The molecule has 4 aliphatic carbocycles. The second-order valence-corrected chi connectivity index (χ2v) is 9.41. The van der Waals surface area contributed by atoms with Gasteiger partial charge in [0.05, 0.1) is 6.10 Å². The van der Waals surface area contributed by atoms with Gasteiger partial charge in [0.15, 0.2) is 0 Å². The number of fused-ring (bicyclic) bond motifs is 5. The van der Waals surface area contributed by atoms with Gasteiger partial charge in [0, 0.05) is 0 Å². The molecule has 7 atom stereocenters. The van der Waals surface area contributed by atoms with E-state index in [-0.39, 0.29) is 16.9 Å². The minimum Gasteiger partial charge on any atom is -0.393 e.